The molecule has 1 amide bonds. The van der Waals surface area contributed by atoms with E-state index in [4.69, 9.17) is 4.74 Å². The zero-order chi connectivity index (χ0) is 25.9. The van der Waals surface area contributed by atoms with Crippen molar-refractivity contribution in [2.24, 2.45) is 11.0 Å². The molecule has 1 aliphatic heterocycles. The van der Waals surface area contributed by atoms with Crippen LogP contribution in [0.3, 0.4) is 0 Å². The molecule has 0 spiro atoms. The number of carbonyl (C=O) groups is 2. The van der Waals surface area contributed by atoms with Gasteiger partial charge in [0.15, 0.2) is 0 Å². The summed E-state index contributed by atoms with van der Waals surface area (Å²) in [4.78, 5) is 26.8. The molecule has 36 heavy (non-hydrogen) atoms. The third-order valence-electron chi connectivity index (χ3n) is 5.96. The third kappa shape index (κ3) is 5.27. The van der Waals surface area contributed by atoms with E-state index >= 15 is 0 Å². The van der Waals surface area contributed by atoms with Gasteiger partial charge in [0, 0.05) is 16.8 Å². The highest BCUT2D eigenvalue weighted by Gasteiger charge is 2.44. The molecular formula is C27H25BrN2O5S. The number of hydrogen-bond donors (Lipinski definition) is 0. The van der Waals surface area contributed by atoms with Crippen LogP contribution < -0.4 is 0 Å². The van der Waals surface area contributed by atoms with Crippen LogP contribution in [0.25, 0.3) is 0 Å². The Kier molecular flexibility index (Phi) is 7.70. The lowest BCUT2D eigenvalue weighted by Crippen LogP contribution is -2.32. The van der Waals surface area contributed by atoms with Crippen molar-refractivity contribution in [3.05, 3.63) is 100 Å². The van der Waals surface area contributed by atoms with Crippen molar-refractivity contribution in [1.29, 1.82) is 0 Å². The molecule has 0 N–H and O–H groups in total. The molecule has 0 aromatic heterocycles. The van der Waals surface area contributed by atoms with E-state index in [-0.39, 0.29) is 23.6 Å². The van der Waals surface area contributed by atoms with E-state index in [2.05, 4.69) is 21.0 Å². The minimum absolute atomic E-state index is 0.0626. The van der Waals surface area contributed by atoms with Gasteiger partial charge >= 0.3 is 5.97 Å². The maximum Gasteiger partial charge on any atom is 0.315 e. The lowest BCUT2D eigenvalue weighted by atomic mass is 9.79. The Bertz CT molecular complexity index is 1390. The van der Waals surface area contributed by atoms with Gasteiger partial charge in [-0.2, -0.15) is 13.5 Å². The van der Waals surface area contributed by atoms with Gasteiger partial charge in [0.05, 0.1) is 17.2 Å². The van der Waals surface area contributed by atoms with Crippen LogP contribution in [0.15, 0.2) is 93.3 Å². The Hall–Kier alpha value is -3.30. The van der Waals surface area contributed by atoms with Crippen molar-refractivity contribution in [1.82, 2.24) is 4.41 Å². The Balaban J connectivity index is 1.94. The number of hydrazone groups is 1. The second-order valence-corrected chi connectivity index (χ2v) is 11.1. The summed E-state index contributed by atoms with van der Waals surface area (Å²) in [6.07, 6.45) is -0.254. The lowest BCUT2D eigenvalue weighted by molar-refractivity contribution is -0.146. The second-order valence-electron chi connectivity index (χ2n) is 8.40. The van der Waals surface area contributed by atoms with Gasteiger partial charge in [-0.05, 0) is 49.2 Å². The number of amides is 1. The Morgan fingerprint density at radius 1 is 1.03 bits per heavy atom. The van der Waals surface area contributed by atoms with Gasteiger partial charge < -0.3 is 4.74 Å². The topological polar surface area (TPSA) is 93.1 Å². The summed E-state index contributed by atoms with van der Waals surface area (Å²) in [6.45, 7) is 3.66. The lowest BCUT2D eigenvalue weighted by Gasteiger charge is -2.24. The van der Waals surface area contributed by atoms with Gasteiger partial charge in [0.1, 0.15) is 5.92 Å². The first-order chi connectivity index (χ1) is 17.2. The first-order valence-corrected chi connectivity index (χ1v) is 13.7. The number of rotatable bonds is 6. The Morgan fingerprint density at radius 2 is 1.67 bits per heavy atom. The van der Waals surface area contributed by atoms with Crippen molar-refractivity contribution >= 4 is 43.5 Å². The summed E-state index contributed by atoms with van der Waals surface area (Å²) in [5, 5.41) is 4.38. The Labute approximate surface area is 219 Å². The van der Waals surface area contributed by atoms with Crippen LogP contribution in [0, 0.1) is 12.8 Å². The highest BCUT2D eigenvalue weighted by atomic mass is 79.9. The second kappa shape index (κ2) is 10.8. The van der Waals surface area contributed by atoms with E-state index in [1.54, 1.807) is 61.5 Å². The zero-order valence-electron chi connectivity index (χ0n) is 19.8. The maximum absolute atomic E-state index is 13.6. The largest absolute Gasteiger partial charge is 0.465 e. The van der Waals surface area contributed by atoms with E-state index in [1.807, 2.05) is 19.1 Å². The van der Waals surface area contributed by atoms with Crippen LogP contribution in [0.2, 0.25) is 0 Å². The molecule has 9 heteroatoms. The fourth-order valence-electron chi connectivity index (χ4n) is 4.16. The van der Waals surface area contributed by atoms with Crippen LogP contribution in [0.1, 0.15) is 36.0 Å². The molecule has 0 radical (unpaired) electrons. The van der Waals surface area contributed by atoms with Crippen LogP contribution in [0.4, 0.5) is 0 Å². The predicted octanol–water partition coefficient (Wildman–Crippen LogP) is 5.05. The fourth-order valence-corrected chi connectivity index (χ4v) is 5.64. The van der Waals surface area contributed by atoms with Crippen molar-refractivity contribution in [2.75, 3.05) is 6.61 Å². The Morgan fingerprint density at radius 3 is 2.28 bits per heavy atom. The van der Waals surface area contributed by atoms with E-state index in [9.17, 15) is 18.0 Å². The summed E-state index contributed by atoms with van der Waals surface area (Å²) in [5.41, 5.74) is 2.25. The minimum atomic E-state index is -4.33. The molecule has 0 fully saturated rings. The standard InChI is InChI=1S/C27H25BrN2O5S/c1-3-35-27(32)25-23(19-11-13-21(28)14-12-19)17-24(31)30(29-26(25)20-7-5-4-6-8-20)36(33,34)22-15-9-18(2)10-16-22/h4-16,23,25H,3,17H2,1-2H3/t23-,25-/m1/s1. The molecule has 0 saturated heterocycles. The molecule has 7 nitrogen and oxygen atoms in total. The van der Waals surface area contributed by atoms with E-state index in [0.29, 0.717) is 15.5 Å². The van der Waals surface area contributed by atoms with Gasteiger partial charge in [0.2, 0.25) is 0 Å². The first kappa shape index (κ1) is 25.8. The first-order valence-electron chi connectivity index (χ1n) is 11.4. The van der Waals surface area contributed by atoms with Crippen LogP contribution in [-0.4, -0.2) is 37.0 Å². The highest BCUT2D eigenvalue weighted by Crippen LogP contribution is 2.37. The number of carbonyl (C=O) groups excluding carboxylic acids is 2. The number of ether oxygens (including phenoxy) is 1. The molecule has 1 aliphatic rings. The summed E-state index contributed by atoms with van der Waals surface area (Å²) in [5.74, 6) is -3.00. The van der Waals surface area contributed by atoms with Gasteiger partial charge in [0.25, 0.3) is 15.9 Å². The molecule has 0 aliphatic carbocycles. The molecule has 2 atom stereocenters. The van der Waals surface area contributed by atoms with Crippen molar-refractivity contribution in [3.8, 4) is 0 Å². The highest BCUT2D eigenvalue weighted by molar-refractivity contribution is 9.10. The molecule has 186 valence electrons. The summed E-state index contributed by atoms with van der Waals surface area (Å²) < 4.78 is 34.0. The maximum atomic E-state index is 13.6. The molecular weight excluding hydrogens is 544 g/mol. The van der Waals surface area contributed by atoms with Crippen LogP contribution in [0.5, 0.6) is 0 Å². The molecule has 4 rings (SSSR count). The SMILES string of the molecule is CCOC(=O)[C@H]1C(c2ccccc2)=NN(S(=O)(=O)c2ccc(C)cc2)C(=O)C[C@@H]1c1ccc(Br)cc1. The van der Waals surface area contributed by atoms with Gasteiger partial charge in [-0.25, -0.2) is 0 Å². The van der Waals surface area contributed by atoms with Crippen LogP contribution >= 0.6 is 15.9 Å². The quantitative estimate of drug-likeness (QED) is 0.388. The van der Waals surface area contributed by atoms with Gasteiger partial charge in [-0.3, -0.25) is 9.59 Å². The number of benzene rings is 3. The van der Waals surface area contributed by atoms with E-state index in [0.717, 1.165) is 10.0 Å². The predicted molar refractivity (Wildman–Crippen MR) is 140 cm³/mol. The molecule has 3 aromatic carbocycles. The van der Waals surface area contributed by atoms with Gasteiger partial charge in [-0.15, -0.1) is 4.41 Å². The molecule has 3 aromatic rings. The van der Waals surface area contributed by atoms with Crippen LogP contribution in [-0.2, 0) is 24.3 Å². The van der Waals surface area contributed by atoms with Crippen molar-refractivity contribution in [2.45, 2.75) is 31.1 Å². The number of halogens is 1. The smallest absolute Gasteiger partial charge is 0.315 e. The molecule has 0 bridgehead atoms. The average Bonchev–Trinajstić information content (AvgIpc) is 3.02. The monoisotopic (exact) mass is 568 g/mol. The fraction of sp³-hybridized carbons (Fsp3) is 0.222. The number of hydrogen-bond acceptors (Lipinski definition) is 6. The number of esters is 1. The number of aryl methyl sites for hydroxylation is 1. The molecule has 0 unspecified atom stereocenters. The minimum Gasteiger partial charge on any atom is -0.465 e. The molecule has 1 heterocycles. The third-order valence-corrected chi connectivity index (χ3v) is 8.10. The summed E-state index contributed by atoms with van der Waals surface area (Å²) >= 11 is 3.41. The normalized spacial score (nSPS) is 18.4. The molecule has 0 saturated carbocycles. The summed E-state index contributed by atoms with van der Waals surface area (Å²) in [6, 6.07) is 22.2. The van der Waals surface area contributed by atoms with Crippen molar-refractivity contribution in [3.63, 3.8) is 0 Å². The summed E-state index contributed by atoms with van der Waals surface area (Å²) in [7, 11) is -4.33. The van der Waals surface area contributed by atoms with E-state index < -0.39 is 33.7 Å². The van der Waals surface area contributed by atoms with E-state index in [1.165, 1.54) is 12.1 Å². The number of nitrogens with zero attached hydrogens (tertiary/aromatic N) is 2. The average molecular weight is 569 g/mol. The number of sulfonamides is 1. The zero-order valence-corrected chi connectivity index (χ0v) is 22.2. The van der Waals surface area contributed by atoms with Crippen molar-refractivity contribution < 1.29 is 22.7 Å². The van der Waals surface area contributed by atoms with Gasteiger partial charge in [-0.1, -0.05) is 76.1 Å².